The van der Waals surface area contributed by atoms with Crippen LogP contribution in [0.15, 0.2) is 11.8 Å². The van der Waals surface area contributed by atoms with Gasteiger partial charge in [-0.15, -0.1) is 0 Å². The van der Waals surface area contributed by atoms with Gasteiger partial charge in [-0.2, -0.15) is 0 Å². The van der Waals surface area contributed by atoms with E-state index < -0.39 is 0 Å². The second kappa shape index (κ2) is 6.76. The second-order valence-electron chi connectivity index (χ2n) is 6.29. The Morgan fingerprint density at radius 2 is 2.00 bits per heavy atom. The van der Waals surface area contributed by atoms with E-state index in [0.717, 1.165) is 26.0 Å². The number of nitrogens with zero attached hydrogens (tertiary/aromatic N) is 1. The third-order valence-corrected chi connectivity index (χ3v) is 4.53. The molecule has 1 saturated heterocycles. The molecule has 3 heteroatoms. The zero-order valence-electron chi connectivity index (χ0n) is 12.9. The Bertz CT molecular complexity index is 306. The highest BCUT2D eigenvalue weighted by molar-refractivity contribution is 5.14. The predicted molar refractivity (Wildman–Crippen MR) is 80.2 cm³/mol. The number of likely N-dealkylation sites (tertiary alicyclic amines) is 1. The smallest absolute Gasteiger partial charge is 0.111 e. The zero-order chi connectivity index (χ0) is 13.7. The number of likely N-dealkylation sites (N-methyl/N-ethyl adjacent to an activating group) is 1. The predicted octanol–water partition coefficient (Wildman–Crippen LogP) is 2.92. The first-order valence-corrected chi connectivity index (χ1v) is 7.97. The van der Waals surface area contributed by atoms with Gasteiger partial charge in [0.1, 0.15) is 5.76 Å². The van der Waals surface area contributed by atoms with Crippen LogP contribution in [-0.2, 0) is 4.74 Å². The van der Waals surface area contributed by atoms with Crippen molar-refractivity contribution < 1.29 is 4.74 Å². The summed E-state index contributed by atoms with van der Waals surface area (Å²) in [6.45, 7) is 11.2. The number of hydrogen-bond acceptors (Lipinski definition) is 3. The van der Waals surface area contributed by atoms with Crippen LogP contribution < -0.4 is 5.32 Å². The van der Waals surface area contributed by atoms with E-state index in [0.29, 0.717) is 6.04 Å². The van der Waals surface area contributed by atoms with Crippen molar-refractivity contribution in [3.05, 3.63) is 11.8 Å². The average molecular weight is 266 g/mol. The molecule has 2 aliphatic rings. The molecule has 110 valence electrons. The number of nitrogens with one attached hydrogen (secondary N) is 1. The van der Waals surface area contributed by atoms with Gasteiger partial charge in [0, 0.05) is 5.54 Å². The molecule has 0 aromatic rings. The van der Waals surface area contributed by atoms with Crippen LogP contribution >= 0.6 is 0 Å². The van der Waals surface area contributed by atoms with Crippen LogP contribution in [0.4, 0.5) is 0 Å². The molecule has 0 bridgehead atoms. The Morgan fingerprint density at radius 3 is 2.58 bits per heavy atom. The van der Waals surface area contributed by atoms with Crippen molar-refractivity contribution in [2.24, 2.45) is 0 Å². The topological polar surface area (TPSA) is 24.5 Å². The summed E-state index contributed by atoms with van der Waals surface area (Å²) in [5.41, 5.74) is 0.125. The fraction of sp³-hybridized carbons (Fsp3) is 0.875. The first kappa shape index (κ1) is 14.9. The molecule has 1 fully saturated rings. The van der Waals surface area contributed by atoms with E-state index in [-0.39, 0.29) is 5.54 Å². The van der Waals surface area contributed by atoms with Gasteiger partial charge >= 0.3 is 0 Å². The quantitative estimate of drug-likeness (QED) is 0.828. The minimum Gasteiger partial charge on any atom is -0.497 e. The molecule has 19 heavy (non-hydrogen) atoms. The van der Waals surface area contributed by atoms with Crippen molar-refractivity contribution in [2.75, 3.05) is 26.2 Å². The van der Waals surface area contributed by atoms with E-state index in [9.17, 15) is 0 Å². The minimum atomic E-state index is 0.125. The van der Waals surface area contributed by atoms with Gasteiger partial charge in [0.2, 0.25) is 0 Å². The highest BCUT2D eigenvalue weighted by atomic mass is 16.5. The molecule has 1 atom stereocenters. The van der Waals surface area contributed by atoms with Crippen LogP contribution in [0.3, 0.4) is 0 Å². The third-order valence-electron chi connectivity index (χ3n) is 4.53. The molecular formula is C16H30N2O. The number of allylic oxidation sites excluding steroid dienone is 1. The Morgan fingerprint density at radius 1 is 1.26 bits per heavy atom. The van der Waals surface area contributed by atoms with E-state index in [4.69, 9.17) is 4.74 Å². The highest BCUT2D eigenvalue weighted by Gasteiger charge is 2.38. The molecular weight excluding hydrogens is 236 g/mol. The molecule has 2 rings (SSSR count). The monoisotopic (exact) mass is 266 g/mol. The highest BCUT2D eigenvalue weighted by Crippen LogP contribution is 2.29. The van der Waals surface area contributed by atoms with E-state index in [1.807, 2.05) is 0 Å². The van der Waals surface area contributed by atoms with E-state index in [2.05, 4.69) is 37.1 Å². The molecule has 0 amide bonds. The Hall–Kier alpha value is -0.540. The van der Waals surface area contributed by atoms with Crippen LogP contribution in [0.1, 0.15) is 52.9 Å². The number of piperidine rings is 1. The van der Waals surface area contributed by atoms with Crippen molar-refractivity contribution in [2.45, 2.75) is 64.5 Å². The lowest BCUT2D eigenvalue weighted by Gasteiger charge is -2.47. The standard InChI is InChI=1S/C16H30N2O/c1-4-17-15(14-10-6-9-13-19-14)16(2,3)18-11-7-5-8-12-18/h10,15,17H,4-9,11-13H2,1-3H3. The Balaban J connectivity index is 2.13. The Labute approximate surface area is 118 Å². The number of ether oxygens (including phenoxy) is 1. The van der Waals surface area contributed by atoms with Gasteiger partial charge in [-0.3, -0.25) is 4.90 Å². The summed E-state index contributed by atoms with van der Waals surface area (Å²) in [6.07, 6.45) is 8.67. The fourth-order valence-electron chi connectivity index (χ4n) is 3.33. The maximum atomic E-state index is 5.94. The van der Waals surface area contributed by atoms with Crippen LogP contribution in [0.5, 0.6) is 0 Å². The summed E-state index contributed by atoms with van der Waals surface area (Å²) >= 11 is 0. The van der Waals surface area contributed by atoms with Crippen LogP contribution in [0.2, 0.25) is 0 Å². The molecule has 0 aromatic carbocycles. The molecule has 2 heterocycles. The molecule has 1 unspecified atom stereocenters. The van der Waals surface area contributed by atoms with Gasteiger partial charge in [0.05, 0.1) is 12.6 Å². The average Bonchev–Trinajstić information content (AvgIpc) is 2.46. The SMILES string of the molecule is CCNC(C1=CCCCO1)C(C)(C)N1CCCCC1. The van der Waals surface area contributed by atoms with Crippen molar-refractivity contribution >= 4 is 0 Å². The van der Waals surface area contributed by atoms with Gasteiger partial charge in [-0.05, 0) is 65.2 Å². The van der Waals surface area contributed by atoms with E-state index in [1.165, 1.54) is 38.1 Å². The molecule has 0 radical (unpaired) electrons. The molecule has 0 spiro atoms. The summed E-state index contributed by atoms with van der Waals surface area (Å²) in [7, 11) is 0. The molecule has 0 saturated carbocycles. The van der Waals surface area contributed by atoms with Crippen molar-refractivity contribution in [3.8, 4) is 0 Å². The molecule has 0 aliphatic carbocycles. The summed E-state index contributed by atoms with van der Waals surface area (Å²) in [6, 6.07) is 0.316. The van der Waals surface area contributed by atoms with Crippen molar-refractivity contribution in [1.82, 2.24) is 10.2 Å². The van der Waals surface area contributed by atoms with Crippen LogP contribution in [0, 0.1) is 0 Å². The van der Waals surface area contributed by atoms with Gasteiger partial charge < -0.3 is 10.1 Å². The zero-order valence-corrected chi connectivity index (χ0v) is 12.9. The lowest BCUT2D eigenvalue weighted by atomic mass is 9.87. The normalized spacial score (nSPS) is 23.6. The van der Waals surface area contributed by atoms with Crippen LogP contribution in [0.25, 0.3) is 0 Å². The Kier molecular flexibility index (Phi) is 5.28. The summed E-state index contributed by atoms with van der Waals surface area (Å²) < 4.78 is 5.94. The minimum absolute atomic E-state index is 0.125. The van der Waals surface area contributed by atoms with E-state index >= 15 is 0 Å². The van der Waals surface area contributed by atoms with Crippen molar-refractivity contribution in [3.63, 3.8) is 0 Å². The van der Waals surface area contributed by atoms with Crippen molar-refractivity contribution in [1.29, 1.82) is 0 Å². The number of rotatable bonds is 5. The fourth-order valence-corrected chi connectivity index (χ4v) is 3.33. The van der Waals surface area contributed by atoms with Gasteiger partial charge in [0.15, 0.2) is 0 Å². The van der Waals surface area contributed by atoms with E-state index in [1.54, 1.807) is 0 Å². The first-order chi connectivity index (χ1) is 9.16. The third kappa shape index (κ3) is 3.51. The second-order valence-corrected chi connectivity index (χ2v) is 6.29. The van der Waals surface area contributed by atoms with Crippen LogP contribution in [-0.4, -0.2) is 42.7 Å². The lowest BCUT2D eigenvalue weighted by Crippen LogP contribution is -2.60. The summed E-state index contributed by atoms with van der Waals surface area (Å²) in [5, 5.41) is 3.65. The number of hydrogen-bond donors (Lipinski definition) is 1. The summed E-state index contributed by atoms with van der Waals surface area (Å²) in [5.74, 6) is 1.17. The van der Waals surface area contributed by atoms with Gasteiger partial charge in [0.25, 0.3) is 0 Å². The van der Waals surface area contributed by atoms with Gasteiger partial charge in [-0.25, -0.2) is 0 Å². The molecule has 0 aromatic heterocycles. The largest absolute Gasteiger partial charge is 0.497 e. The first-order valence-electron chi connectivity index (χ1n) is 7.97. The summed E-state index contributed by atoms with van der Waals surface area (Å²) in [4.78, 5) is 2.64. The molecule has 1 N–H and O–H groups in total. The van der Waals surface area contributed by atoms with Gasteiger partial charge in [-0.1, -0.05) is 13.3 Å². The lowest BCUT2D eigenvalue weighted by molar-refractivity contribution is 0.0443. The maximum absolute atomic E-state index is 5.94. The molecule has 2 aliphatic heterocycles. The maximum Gasteiger partial charge on any atom is 0.111 e. The molecule has 3 nitrogen and oxygen atoms in total.